The molecule has 0 aliphatic carbocycles. The van der Waals surface area contributed by atoms with E-state index >= 15 is 0 Å². The van der Waals surface area contributed by atoms with Gasteiger partial charge in [-0.15, -0.1) is 0 Å². The van der Waals surface area contributed by atoms with E-state index in [-0.39, 0.29) is 25.2 Å². The third-order valence-electron chi connectivity index (χ3n) is 5.40. The van der Waals surface area contributed by atoms with Gasteiger partial charge < -0.3 is 14.4 Å². The number of carbonyl (C=O) groups is 2. The van der Waals surface area contributed by atoms with Crippen LogP contribution in [-0.2, 0) is 19.1 Å². The molecule has 174 valence electrons. The second-order valence-corrected chi connectivity index (χ2v) is 9.14. The molecule has 0 N–H and O–H groups in total. The largest absolute Gasteiger partial charge is 0.458 e. The molecule has 4 rings (SSSR count). The third-order valence-corrected chi connectivity index (χ3v) is 5.40. The lowest BCUT2D eigenvalue weighted by Crippen LogP contribution is -2.41. The molecule has 33 heavy (non-hydrogen) atoms. The van der Waals surface area contributed by atoms with Crippen molar-refractivity contribution in [2.24, 2.45) is 0 Å². The number of nitrogens with zero attached hydrogens (tertiary/aromatic N) is 5. The first-order valence-electron chi connectivity index (χ1n) is 11.1. The molecular formula is C24H29N5O4. The lowest BCUT2D eigenvalue weighted by atomic mass is 10.1. The molecule has 3 heterocycles. The maximum atomic E-state index is 12.4. The Morgan fingerprint density at radius 2 is 1.79 bits per heavy atom. The molecule has 0 unspecified atom stereocenters. The predicted octanol–water partition coefficient (Wildman–Crippen LogP) is 3.02. The Kier molecular flexibility index (Phi) is 6.69. The minimum atomic E-state index is -0.570. The molecule has 1 amide bonds. The smallest absolute Gasteiger partial charge is 0.332 e. The number of ether oxygens (including phenoxy) is 2. The second-order valence-electron chi connectivity index (χ2n) is 9.14. The molecule has 1 aromatic carbocycles. The highest BCUT2D eigenvalue weighted by atomic mass is 16.6. The average molecular weight is 452 g/mol. The molecule has 0 saturated carbocycles. The van der Waals surface area contributed by atoms with Gasteiger partial charge in [0.2, 0.25) is 5.91 Å². The lowest BCUT2D eigenvalue weighted by molar-refractivity contribution is -0.161. The van der Waals surface area contributed by atoms with Gasteiger partial charge in [0.05, 0.1) is 35.2 Å². The van der Waals surface area contributed by atoms with Crippen LogP contribution in [0.4, 0.5) is 0 Å². The van der Waals surface area contributed by atoms with Crippen molar-refractivity contribution in [1.82, 2.24) is 24.6 Å². The van der Waals surface area contributed by atoms with Crippen LogP contribution in [0.15, 0.2) is 42.9 Å². The number of amides is 1. The molecule has 0 radical (unpaired) electrons. The summed E-state index contributed by atoms with van der Waals surface area (Å²) >= 11 is 0. The van der Waals surface area contributed by atoms with E-state index < -0.39 is 11.6 Å². The third kappa shape index (κ3) is 5.92. The number of fused-ring (bicyclic) bond motifs is 1. The molecular weight excluding hydrogens is 422 g/mol. The number of esters is 1. The average Bonchev–Trinajstić information content (AvgIpc) is 3.28. The number of hydrogen-bond donors (Lipinski definition) is 0. The fourth-order valence-electron chi connectivity index (χ4n) is 3.83. The first kappa shape index (κ1) is 22.8. The van der Waals surface area contributed by atoms with Crippen molar-refractivity contribution < 1.29 is 19.1 Å². The minimum Gasteiger partial charge on any atom is -0.458 e. The van der Waals surface area contributed by atoms with Gasteiger partial charge in [-0.25, -0.2) is 9.78 Å². The van der Waals surface area contributed by atoms with Crippen molar-refractivity contribution in [3.8, 4) is 11.3 Å². The van der Waals surface area contributed by atoms with Gasteiger partial charge in [0.25, 0.3) is 0 Å². The summed E-state index contributed by atoms with van der Waals surface area (Å²) in [5.41, 5.74) is 2.85. The summed E-state index contributed by atoms with van der Waals surface area (Å²) in [5, 5.41) is 4.53. The summed E-state index contributed by atoms with van der Waals surface area (Å²) in [6, 6.07) is 7.98. The van der Waals surface area contributed by atoms with Crippen molar-refractivity contribution in [3.05, 3.63) is 42.9 Å². The molecule has 3 aromatic rings. The Morgan fingerprint density at radius 1 is 1.06 bits per heavy atom. The Hall–Kier alpha value is -3.33. The number of para-hydroxylation sites is 2. The van der Waals surface area contributed by atoms with E-state index in [1.54, 1.807) is 38.1 Å². The summed E-state index contributed by atoms with van der Waals surface area (Å²) in [6.07, 6.45) is 7.15. The van der Waals surface area contributed by atoms with Crippen molar-refractivity contribution in [1.29, 1.82) is 0 Å². The standard InChI is InChI=1S/C24H29N5O4/c1-24(2,3)33-23(31)16-32-15-22(30)28-10-8-18(9-11-28)29-14-17(12-26-29)21-13-25-19-6-4-5-7-20(19)27-21/h4-7,12-14,18H,8-11,15-16H2,1-3H3. The van der Waals surface area contributed by atoms with Crippen LogP contribution in [0, 0.1) is 0 Å². The Bertz CT molecular complexity index is 1130. The first-order valence-corrected chi connectivity index (χ1v) is 11.1. The van der Waals surface area contributed by atoms with Gasteiger partial charge in [0, 0.05) is 24.8 Å². The van der Waals surface area contributed by atoms with Gasteiger partial charge in [0.1, 0.15) is 18.8 Å². The molecule has 1 aliphatic rings. The fourth-order valence-corrected chi connectivity index (χ4v) is 3.83. The summed E-state index contributed by atoms with van der Waals surface area (Å²) in [6.45, 7) is 6.24. The van der Waals surface area contributed by atoms with E-state index in [2.05, 4.69) is 15.1 Å². The fraction of sp³-hybridized carbons (Fsp3) is 0.458. The highest BCUT2D eigenvalue weighted by molar-refractivity contribution is 5.78. The van der Waals surface area contributed by atoms with Gasteiger partial charge in [-0.3, -0.25) is 14.5 Å². The van der Waals surface area contributed by atoms with E-state index in [1.807, 2.05) is 35.1 Å². The Labute approximate surface area is 192 Å². The maximum Gasteiger partial charge on any atom is 0.332 e. The zero-order valence-electron chi connectivity index (χ0n) is 19.2. The summed E-state index contributed by atoms with van der Waals surface area (Å²) < 4.78 is 12.4. The van der Waals surface area contributed by atoms with E-state index in [0.29, 0.717) is 13.1 Å². The van der Waals surface area contributed by atoms with Gasteiger partial charge in [-0.2, -0.15) is 5.10 Å². The van der Waals surface area contributed by atoms with Crippen LogP contribution in [-0.4, -0.2) is 68.4 Å². The predicted molar refractivity (Wildman–Crippen MR) is 122 cm³/mol. The van der Waals surface area contributed by atoms with Crippen LogP contribution in [0.3, 0.4) is 0 Å². The van der Waals surface area contributed by atoms with Crippen LogP contribution < -0.4 is 0 Å². The van der Waals surface area contributed by atoms with Crippen LogP contribution in [0.2, 0.25) is 0 Å². The van der Waals surface area contributed by atoms with E-state index in [0.717, 1.165) is 35.1 Å². The molecule has 0 bridgehead atoms. The number of aromatic nitrogens is 4. The highest BCUT2D eigenvalue weighted by Crippen LogP contribution is 2.25. The zero-order valence-corrected chi connectivity index (χ0v) is 19.2. The molecule has 0 atom stereocenters. The van der Waals surface area contributed by atoms with Crippen molar-refractivity contribution >= 4 is 22.9 Å². The van der Waals surface area contributed by atoms with Gasteiger partial charge in [-0.1, -0.05) is 12.1 Å². The van der Waals surface area contributed by atoms with E-state index in [1.165, 1.54) is 0 Å². The number of benzene rings is 1. The molecule has 1 fully saturated rings. The Morgan fingerprint density at radius 3 is 2.52 bits per heavy atom. The first-order chi connectivity index (χ1) is 15.8. The lowest BCUT2D eigenvalue weighted by Gasteiger charge is -2.32. The molecule has 1 aliphatic heterocycles. The van der Waals surface area contributed by atoms with Crippen LogP contribution in [0.5, 0.6) is 0 Å². The Balaban J connectivity index is 1.27. The normalized spacial score (nSPS) is 15.1. The summed E-state index contributed by atoms with van der Waals surface area (Å²) in [7, 11) is 0. The van der Waals surface area contributed by atoms with Crippen LogP contribution in [0.1, 0.15) is 39.7 Å². The number of carbonyl (C=O) groups excluding carboxylic acids is 2. The molecule has 2 aromatic heterocycles. The van der Waals surface area contributed by atoms with Crippen molar-refractivity contribution in [2.75, 3.05) is 26.3 Å². The topological polar surface area (TPSA) is 99.4 Å². The van der Waals surface area contributed by atoms with Crippen molar-refractivity contribution in [2.45, 2.75) is 45.3 Å². The minimum absolute atomic E-state index is 0.121. The molecule has 0 spiro atoms. The number of rotatable bonds is 6. The maximum absolute atomic E-state index is 12.4. The monoisotopic (exact) mass is 451 g/mol. The summed E-state index contributed by atoms with van der Waals surface area (Å²) in [4.78, 5) is 35.0. The van der Waals surface area contributed by atoms with Crippen LogP contribution in [0.25, 0.3) is 22.3 Å². The number of piperidine rings is 1. The van der Waals surface area contributed by atoms with E-state index in [9.17, 15) is 9.59 Å². The molecule has 1 saturated heterocycles. The van der Waals surface area contributed by atoms with Gasteiger partial charge >= 0.3 is 5.97 Å². The number of hydrogen-bond acceptors (Lipinski definition) is 7. The summed E-state index contributed by atoms with van der Waals surface area (Å²) in [5.74, 6) is -0.593. The quantitative estimate of drug-likeness (QED) is 0.531. The van der Waals surface area contributed by atoms with Crippen LogP contribution >= 0.6 is 0 Å². The highest BCUT2D eigenvalue weighted by Gasteiger charge is 2.25. The molecule has 9 heteroatoms. The molecule has 9 nitrogen and oxygen atoms in total. The van der Waals surface area contributed by atoms with Gasteiger partial charge in [0.15, 0.2) is 0 Å². The van der Waals surface area contributed by atoms with E-state index in [4.69, 9.17) is 9.47 Å². The van der Waals surface area contributed by atoms with Crippen molar-refractivity contribution in [3.63, 3.8) is 0 Å². The SMILES string of the molecule is CC(C)(C)OC(=O)COCC(=O)N1CCC(n2cc(-c3cnc4ccccc4n3)cn2)CC1. The zero-order chi connectivity index (χ0) is 23.4. The second kappa shape index (κ2) is 9.66. The van der Waals surface area contributed by atoms with Gasteiger partial charge in [-0.05, 0) is 45.7 Å². The number of likely N-dealkylation sites (tertiary alicyclic amines) is 1.